The molecule has 1 aliphatic rings. The van der Waals surface area contributed by atoms with Crippen molar-refractivity contribution in [1.82, 2.24) is 4.90 Å². The normalized spacial score (nSPS) is 29.9. The number of nitrogens with two attached hydrogens (primary N) is 1. The minimum absolute atomic E-state index is 0.255. The van der Waals surface area contributed by atoms with Gasteiger partial charge < -0.3 is 5.73 Å². The van der Waals surface area contributed by atoms with Gasteiger partial charge in [-0.15, -0.1) is 0 Å². The standard InChI is InChI=1S/C18H38N2/c1-6-8-10-20(11-9-7-2)18(15-19)13-16(3)12-17(4,5)14-18/h16H,6-15,19H2,1-5H3. The van der Waals surface area contributed by atoms with Gasteiger partial charge in [0.15, 0.2) is 0 Å². The Balaban J connectivity index is 2.89. The highest BCUT2D eigenvalue weighted by molar-refractivity contribution is 5.01. The van der Waals surface area contributed by atoms with Crippen LogP contribution in [0, 0.1) is 11.3 Å². The molecule has 0 aromatic rings. The van der Waals surface area contributed by atoms with E-state index in [4.69, 9.17) is 5.73 Å². The Morgan fingerprint density at radius 3 is 2.00 bits per heavy atom. The Kier molecular flexibility index (Phi) is 7.00. The van der Waals surface area contributed by atoms with Crippen molar-refractivity contribution in [2.75, 3.05) is 19.6 Å². The largest absolute Gasteiger partial charge is 0.329 e. The predicted octanol–water partition coefficient (Wildman–Crippen LogP) is 4.43. The summed E-state index contributed by atoms with van der Waals surface area (Å²) in [6.07, 6.45) is 9.09. The van der Waals surface area contributed by atoms with E-state index in [1.165, 1.54) is 58.0 Å². The molecule has 1 saturated carbocycles. The molecule has 0 bridgehead atoms. The number of hydrogen-bond donors (Lipinski definition) is 1. The third-order valence-electron chi connectivity index (χ3n) is 5.05. The highest BCUT2D eigenvalue weighted by Gasteiger charge is 2.45. The lowest BCUT2D eigenvalue weighted by molar-refractivity contribution is -0.0132. The van der Waals surface area contributed by atoms with Crippen LogP contribution in [0.1, 0.15) is 79.6 Å². The minimum Gasteiger partial charge on any atom is -0.329 e. The molecule has 0 aromatic carbocycles. The molecule has 0 saturated heterocycles. The SMILES string of the molecule is CCCCN(CCCC)C1(CN)CC(C)CC(C)(C)C1. The molecule has 2 nitrogen and oxygen atoms in total. The first-order valence-corrected chi connectivity index (χ1v) is 8.84. The van der Waals surface area contributed by atoms with Gasteiger partial charge in [-0.2, -0.15) is 0 Å². The molecule has 1 fully saturated rings. The molecule has 0 aliphatic heterocycles. The van der Waals surface area contributed by atoms with Crippen LogP contribution in [-0.4, -0.2) is 30.1 Å². The predicted molar refractivity (Wildman–Crippen MR) is 90.0 cm³/mol. The van der Waals surface area contributed by atoms with Crippen LogP contribution in [0.5, 0.6) is 0 Å². The Labute approximate surface area is 127 Å². The van der Waals surface area contributed by atoms with Crippen molar-refractivity contribution < 1.29 is 0 Å². The van der Waals surface area contributed by atoms with Gasteiger partial charge in [-0.05, 0) is 56.5 Å². The Morgan fingerprint density at radius 1 is 1.05 bits per heavy atom. The summed E-state index contributed by atoms with van der Waals surface area (Å²) in [7, 11) is 0. The second-order valence-electron chi connectivity index (χ2n) is 7.98. The smallest absolute Gasteiger partial charge is 0.0339 e. The van der Waals surface area contributed by atoms with Crippen LogP contribution in [-0.2, 0) is 0 Å². The summed E-state index contributed by atoms with van der Waals surface area (Å²) in [4.78, 5) is 2.76. The molecule has 0 radical (unpaired) electrons. The molecular formula is C18H38N2. The number of nitrogens with zero attached hydrogens (tertiary/aromatic N) is 1. The van der Waals surface area contributed by atoms with Gasteiger partial charge in [-0.1, -0.05) is 47.5 Å². The van der Waals surface area contributed by atoms with Crippen molar-refractivity contribution in [2.24, 2.45) is 17.1 Å². The Bertz CT molecular complexity index is 267. The van der Waals surface area contributed by atoms with Gasteiger partial charge in [0.1, 0.15) is 0 Å². The maximum Gasteiger partial charge on any atom is 0.0339 e. The lowest BCUT2D eigenvalue weighted by Crippen LogP contribution is -2.59. The fourth-order valence-corrected chi connectivity index (χ4v) is 4.51. The van der Waals surface area contributed by atoms with Crippen molar-refractivity contribution in [3.8, 4) is 0 Å². The second-order valence-corrected chi connectivity index (χ2v) is 7.98. The third-order valence-corrected chi connectivity index (χ3v) is 5.05. The zero-order valence-corrected chi connectivity index (χ0v) is 14.7. The molecule has 0 aromatic heterocycles. The van der Waals surface area contributed by atoms with E-state index in [0.717, 1.165) is 12.5 Å². The van der Waals surface area contributed by atoms with Crippen LogP contribution in [0.25, 0.3) is 0 Å². The first kappa shape index (κ1) is 18.0. The second kappa shape index (κ2) is 7.79. The zero-order valence-electron chi connectivity index (χ0n) is 14.7. The van der Waals surface area contributed by atoms with Crippen molar-refractivity contribution in [1.29, 1.82) is 0 Å². The summed E-state index contributed by atoms with van der Waals surface area (Å²) in [5.74, 6) is 0.799. The van der Waals surface area contributed by atoms with Crippen LogP contribution in [0.2, 0.25) is 0 Å². The van der Waals surface area contributed by atoms with Crippen LogP contribution < -0.4 is 5.73 Å². The van der Waals surface area contributed by atoms with E-state index in [9.17, 15) is 0 Å². The summed E-state index contributed by atoms with van der Waals surface area (Å²) < 4.78 is 0. The van der Waals surface area contributed by atoms with Crippen LogP contribution >= 0.6 is 0 Å². The molecule has 0 spiro atoms. The van der Waals surface area contributed by atoms with Gasteiger partial charge in [0.2, 0.25) is 0 Å². The first-order valence-electron chi connectivity index (χ1n) is 8.84. The summed E-state index contributed by atoms with van der Waals surface area (Å²) in [5, 5.41) is 0. The Hall–Kier alpha value is -0.0800. The lowest BCUT2D eigenvalue weighted by Gasteiger charge is -2.53. The van der Waals surface area contributed by atoms with Gasteiger partial charge in [0.05, 0.1) is 0 Å². The average molecular weight is 283 g/mol. The summed E-state index contributed by atoms with van der Waals surface area (Å²) in [6.45, 7) is 15.2. The Morgan fingerprint density at radius 2 is 1.60 bits per heavy atom. The van der Waals surface area contributed by atoms with Crippen molar-refractivity contribution >= 4 is 0 Å². The molecule has 1 aliphatic carbocycles. The monoisotopic (exact) mass is 282 g/mol. The molecule has 2 N–H and O–H groups in total. The lowest BCUT2D eigenvalue weighted by atomic mass is 9.63. The molecule has 120 valence electrons. The van der Waals surface area contributed by atoms with E-state index in [1.54, 1.807) is 0 Å². The molecule has 2 heteroatoms. The molecule has 2 unspecified atom stereocenters. The van der Waals surface area contributed by atoms with Crippen LogP contribution in [0.4, 0.5) is 0 Å². The minimum atomic E-state index is 0.255. The van der Waals surface area contributed by atoms with Gasteiger partial charge in [-0.25, -0.2) is 0 Å². The van der Waals surface area contributed by atoms with Gasteiger partial charge in [-0.3, -0.25) is 4.90 Å². The first-order chi connectivity index (χ1) is 9.39. The van der Waals surface area contributed by atoms with Crippen LogP contribution in [0.3, 0.4) is 0 Å². The molecule has 20 heavy (non-hydrogen) atoms. The van der Waals surface area contributed by atoms with Gasteiger partial charge in [0, 0.05) is 12.1 Å². The van der Waals surface area contributed by atoms with Crippen LogP contribution in [0.15, 0.2) is 0 Å². The number of rotatable bonds is 8. The van der Waals surface area contributed by atoms with E-state index in [0.29, 0.717) is 5.41 Å². The fraction of sp³-hybridized carbons (Fsp3) is 1.00. The van der Waals surface area contributed by atoms with Gasteiger partial charge >= 0.3 is 0 Å². The fourth-order valence-electron chi connectivity index (χ4n) is 4.51. The van der Waals surface area contributed by atoms with E-state index >= 15 is 0 Å². The zero-order chi connectivity index (χ0) is 15.2. The van der Waals surface area contributed by atoms with E-state index < -0.39 is 0 Å². The quantitative estimate of drug-likeness (QED) is 0.713. The molecule has 2 atom stereocenters. The molecule has 0 heterocycles. The maximum absolute atomic E-state index is 6.32. The van der Waals surface area contributed by atoms with Gasteiger partial charge in [0.25, 0.3) is 0 Å². The molecule has 1 rings (SSSR count). The summed E-state index contributed by atoms with van der Waals surface area (Å²) in [5.41, 5.74) is 7.02. The third kappa shape index (κ3) is 4.73. The number of unbranched alkanes of at least 4 members (excludes halogenated alkanes) is 2. The highest BCUT2D eigenvalue weighted by atomic mass is 15.2. The summed E-state index contributed by atoms with van der Waals surface area (Å²) in [6, 6.07) is 0. The van der Waals surface area contributed by atoms with Crippen molar-refractivity contribution in [3.05, 3.63) is 0 Å². The van der Waals surface area contributed by atoms with E-state index in [2.05, 4.69) is 39.5 Å². The molecule has 0 amide bonds. The van der Waals surface area contributed by atoms with E-state index in [-0.39, 0.29) is 5.54 Å². The average Bonchev–Trinajstić information content (AvgIpc) is 2.36. The maximum atomic E-state index is 6.32. The number of hydrogen-bond acceptors (Lipinski definition) is 2. The van der Waals surface area contributed by atoms with Crippen molar-refractivity contribution in [2.45, 2.75) is 85.1 Å². The van der Waals surface area contributed by atoms with Crippen molar-refractivity contribution in [3.63, 3.8) is 0 Å². The van der Waals surface area contributed by atoms with E-state index in [1.807, 2.05) is 0 Å². The molecular weight excluding hydrogens is 244 g/mol. The highest BCUT2D eigenvalue weighted by Crippen LogP contribution is 2.46. The summed E-state index contributed by atoms with van der Waals surface area (Å²) >= 11 is 0. The topological polar surface area (TPSA) is 29.3 Å².